The van der Waals surface area contributed by atoms with Gasteiger partial charge < -0.3 is 20.9 Å². The van der Waals surface area contributed by atoms with E-state index in [1.165, 1.54) is 0 Å². The number of nitrogens with one attached hydrogen (secondary N) is 2. The lowest BCUT2D eigenvalue weighted by Crippen LogP contribution is -2.28. The number of amides is 1. The molecular formula is C19H26Cl2N6O. The molecule has 0 saturated heterocycles. The third-order valence-electron chi connectivity index (χ3n) is 4.46. The SMILES string of the molecule is CCN(CC)CCNc1ncccc1-c1nc2c(C(N)=O)cccc2[nH]1.Cl.Cl. The highest BCUT2D eigenvalue weighted by Crippen LogP contribution is 2.27. The first-order valence-electron chi connectivity index (χ1n) is 8.84. The third kappa shape index (κ3) is 5.13. The summed E-state index contributed by atoms with van der Waals surface area (Å²) in [6.45, 7) is 8.08. The summed E-state index contributed by atoms with van der Waals surface area (Å²) in [6, 6.07) is 9.17. The van der Waals surface area contributed by atoms with Crippen molar-refractivity contribution >= 4 is 47.6 Å². The van der Waals surface area contributed by atoms with E-state index in [9.17, 15) is 4.79 Å². The van der Waals surface area contributed by atoms with Crippen LogP contribution in [-0.4, -0.2) is 51.9 Å². The van der Waals surface area contributed by atoms with E-state index in [-0.39, 0.29) is 24.8 Å². The standard InChI is InChI=1S/C19H24N6O.2ClH/c1-3-25(4-2)12-11-22-18-14(8-6-10-21-18)19-23-15-9-5-7-13(17(20)26)16(15)24-19;;/h5-10H,3-4,11-12H2,1-2H3,(H2,20,26)(H,21,22)(H,23,24);2*1H. The second-order valence-electron chi connectivity index (χ2n) is 6.00. The van der Waals surface area contributed by atoms with Crippen LogP contribution in [0.1, 0.15) is 24.2 Å². The number of hydrogen-bond donors (Lipinski definition) is 3. The second kappa shape index (κ2) is 10.8. The number of nitrogens with zero attached hydrogens (tertiary/aromatic N) is 3. The maximum atomic E-state index is 11.6. The van der Waals surface area contributed by atoms with E-state index in [2.05, 4.69) is 39.0 Å². The highest BCUT2D eigenvalue weighted by atomic mass is 35.5. The zero-order valence-electron chi connectivity index (χ0n) is 15.9. The molecule has 1 amide bonds. The Morgan fingerprint density at radius 2 is 1.93 bits per heavy atom. The number of carbonyl (C=O) groups excluding carboxylic acids is 1. The number of hydrogen-bond acceptors (Lipinski definition) is 5. The number of primary amides is 1. The summed E-state index contributed by atoms with van der Waals surface area (Å²) in [4.78, 5) is 26.3. The summed E-state index contributed by atoms with van der Waals surface area (Å²) in [5, 5.41) is 3.39. The van der Waals surface area contributed by atoms with E-state index in [4.69, 9.17) is 5.73 Å². The Hall–Kier alpha value is -2.35. The number of aromatic amines is 1. The number of nitrogens with two attached hydrogens (primary N) is 1. The molecule has 2 heterocycles. The Bertz CT molecular complexity index is 910. The van der Waals surface area contributed by atoms with E-state index in [0.717, 1.165) is 43.1 Å². The average molecular weight is 425 g/mol. The Balaban J connectivity index is 0.00000196. The van der Waals surface area contributed by atoms with Gasteiger partial charge in [-0.2, -0.15) is 0 Å². The van der Waals surface area contributed by atoms with Crippen molar-refractivity contribution in [2.45, 2.75) is 13.8 Å². The molecule has 0 bridgehead atoms. The van der Waals surface area contributed by atoms with Gasteiger partial charge in [-0.05, 0) is 37.4 Å². The lowest BCUT2D eigenvalue weighted by Gasteiger charge is -2.18. The van der Waals surface area contributed by atoms with Crippen molar-refractivity contribution < 1.29 is 4.79 Å². The minimum Gasteiger partial charge on any atom is -0.368 e. The van der Waals surface area contributed by atoms with Crippen molar-refractivity contribution in [1.82, 2.24) is 19.9 Å². The minimum atomic E-state index is -0.489. The Labute approximate surface area is 176 Å². The predicted molar refractivity (Wildman–Crippen MR) is 119 cm³/mol. The van der Waals surface area contributed by atoms with Gasteiger partial charge in [-0.15, -0.1) is 24.8 Å². The molecule has 0 aliphatic heterocycles. The molecule has 0 atom stereocenters. The molecule has 2 aromatic heterocycles. The van der Waals surface area contributed by atoms with Gasteiger partial charge in [-0.1, -0.05) is 19.9 Å². The molecule has 0 unspecified atom stereocenters. The number of halogens is 2. The number of anilines is 1. The van der Waals surface area contributed by atoms with Gasteiger partial charge in [0.25, 0.3) is 5.91 Å². The first-order valence-corrected chi connectivity index (χ1v) is 8.84. The van der Waals surface area contributed by atoms with Crippen LogP contribution in [0.2, 0.25) is 0 Å². The Kier molecular flexibility index (Phi) is 9.18. The summed E-state index contributed by atoms with van der Waals surface area (Å²) < 4.78 is 0. The first kappa shape index (κ1) is 23.7. The van der Waals surface area contributed by atoms with Gasteiger partial charge >= 0.3 is 0 Å². The van der Waals surface area contributed by atoms with Crippen LogP contribution in [-0.2, 0) is 0 Å². The molecule has 28 heavy (non-hydrogen) atoms. The molecule has 0 fully saturated rings. The summed E-state index contributed by atoms with van der Waals surface area (Å²) >= 11 is 0. The Morgan fingerprint density at radius 1 is 1.18 bits per heavy atom. The summed E-state index contributed by atoms with van der Waals surface area (Å²) in [6.07, 6.45) is 1.75. The van der Waals surface area contributed by atoms with Gasteiger partial charge in [0, 0.05) is 19.3 Å². The minimum absolute atomic E-state index is 0. The molecule has 0 aliphatic carbocycles. The van der Waals surface area contributed by atoms with Crippen LogP contribution in [0.25, 0.3) is 22.4 Å². The number of para-hydroxylation sites is 1. The van der Waals surface area contributed by atoms with Crippen molar-refractivity contribution in [1.29, 1.82) is 0 Å². The van der Waals surface area contributed by atoms with E-state index in [1.54, 1.807) is 18.3 Å². The van der Waals surface area contributed by atoms with Crippen LogP contribution in [0.3, 0.4) is 0 Å². The molecule has 0 aliphatic rings. The van der Waals surface area contributed by atoms with Crippen molar-refractivity contribution in [2.75, 3.05) is 31.5 Å². The second-order valence-corrected chi connectivity index (χ2v) is 6.00. The topological polar surface area (TPSA) is 99.9 Å². The maximum absolute atomic E-state index is 11.6. The number of H-pyrrole nitrogens is 1. The van der Waals surface area contributed by atoms with Crippen molar-refractivity contribution in [3.05, 3.63) is 42.1 Å². The molecule has 152 valence electrons. The summed E-state index contributed by atoms with van der Waals surface area (Å²) in [5.41, 5.74) is 8.07. The number of pyridine rings is 1. The number of aromatic nitrogens is 3. The summed E-state index contributed by atoms with van der Waals surface area (Å²) in [7, 11) is 0. The molecule has 4 N–H and O–H groups in total. The number of fused-ring (bicyclic) bond motifs is 1. The highest BCUT2D eigenvalue weighted by Gasteiger charge is 2.14. The fourth-order valence-electron chi connectivity index (χ4n) is 2.97. The van der Waals surface area contributed by atoms with E-state index in [1.807, 2.05) is 18.2 Å². The van der Waals surface area contributed by atoms with Gasteiger partial charge in [-0.3, -0.25) is 4.79 Å². The van der Waals surface area contributed by atoms with Crippen LogP contribution >= 0.6 is 24.8 Å². The van der Waals surface area contributed by atoms with Gasteiger partial charge in [0.05, 0.1) is 16.6 Å². The van der Waals surface area contributed by atoms with Gasteiger partial charge in [0.15, 0.2) is 0 Å². The van der Waals surface area contributed by atoms with Crippen molar-refractivity contribution in [3.63, 3.8) is 0 Å². The Morgan fingerprint density at radius 3 is 2.61 bits per heavy atom. The molecule has 3 rings (SSSR count). The number of benzene rings is 1. The fourth-order valence-corrected chi connectivity index (χ4v) is 2.97. The van der Waals surface area contributed by atoms with Gasteiger partial charge in [0.1, 0.15) is 17.2 Å². The highest BCUT2D eigenvalue weighted by molar-refractivity contribution is 6.04. The fraction of sp³-hybridized carbons (Fsp3) is 0.316. The van der Waals surface area contributed by atoms with E-state index in [0.29, 0.717) is 16.9 Å². The van der Waals surface area contributed by atoms with Crippen LogP contribution in [0.4, 0.5) is 5.82 Å². The predicted octanol–water partition coefficient (Wildman–Crippen LogP) is 3.32. The van der Waals surface area contributed by atoms with Crippen LogP contribution < -0.4 is 11.1 Å². The van der Waals surface area contributed by atoms with E-state index >= 15 is 0 Å². The average Bonchev–Trinajstić information content (AvgIpc) is 3.09. The number of likely N-dealkylation sites (N-methyl/N-ethyl adjacent to an activating group) is 1. The first-order chi connectivity index (χ1) is 12.6. The molecule has 0 radical (unpaired) electrons. The normalized spacial score (nSPS) is 10.4. The summed E-state index contributed by atoms with van der Waals surface area (Å²) in [5.74, 6) is 0.934. The lowest BCUT2D eigenvalue weighted by molar-refractivity contribution is 0.100. The van der Waals surface area contributed by atoms with Crippen molar-refractivity contribution in [2.24, 2.45) is 5.73 Å². The van der Waals surface area contributed by atoms with Crippen LogP contribution in [0, 0.1) is 0 Å². The third-order valence-corrected chi connectivity index (χ3v) is 4.46. The lowest BCUT2D eigenvalue weighted by atomic mass is 10.2. The zero-order valence-corrected chi connectivity index (χ0v) is 17.6. The number of imidazole rings is 1. The number of carbonyl (C=O) groups is 1. The molecule has 3 aromatic rings. The van der Waals surface area contributed by atoms with Gasteiger partial charge in [-0.25, -0.2) is 9.97 Å². The number of rotatable bonds is 8. The largest absolute Gasteiger partial charge is 0.368 e. The molecule has 0 saturated carbocycles. The molecular weight excluding hydrogens is 399 g/mol. The van der Waals surface area contributed by atoms with E-state index < -0.39 is 5.91 Å². The molecule has 1 aromatic carbocycles. The maximum Gasteiger partial charge on any atom is 0.250 e. The van der Waals surface area contributed by atoms with Crippen LogP contribution in [0.15, 0.2) is 36.5 Å². The van der Waals surface area contributed by atoms with Crippen LogP contribution in [0.5, 0.6) is 0 Å². The zero-order chi connectivity index (χ0) is 18.5. The monoisotopic (exact) mass is 424 g/mol. The molecule has 7 nitrogen and oxygen atoms in total. The van der Waals surface area contributed by atoms with Gasteiger partial charge in [0.2, 0.25) is 0 Å². The smallest absolute Gasteiger partial charge is 0.250 e. The van der Waals surface area contributed by atoms with Crippen molar-refractivity contribution in [3.8, 4) is 11.4 Å². The quantitative estimate of drug-likeness (QED) is 0.514. The molecule has 0 spiro atoms. The molecule has 9 heteroatoms.